The summed E-state index contributed by atoms with van der Waals surface area (Å²) in [6.07, 6.45) is -4.99. The lowest BCUT2D eigenvalue weighted by molar-refractivity contribution is -0.170. The largest absolute Gasteiger partial charge is 0.471 e. The van der Waals surface area contributed by atoms with Crippen LogP contribution in [0.15, 0.2) is 40.8 Å². The van der Waals surface area contributed by atoms with Crippen molar-refractivity contribution in [2.75, 3.05) is 11.4 Å². The number of nitrogens with zero attached hydrogens (tertiary/aromatic N) is 2. The number of carbonyl (C=O) groups excluding carboxylic acids is 1. The first-order valence-electron chi connectivity index (χ1n) is 7.77. The number of halogens is 4. The zero-order valence-electron chi connectivity index (χ0n) is 13.9. The Morgan fingerprint density at radius 3 is 2.54 bits per heavy atom. The second-order valence-corrected chi connectivity index (χ2v) is 5.66. The molecule has 0 unspecified atom stereocenters. The van der Waals surface area contributed by atoms with E-state index in [9.17, 15) is 22.4 Å². The minimum absolute atomic E-state index is 0.0172. The molecule has 0 saturated carbocycles. The van der Waals surface area contributed by atoms with Gasteiger partial charge in [0.2, 0.25) is 5.89 Å². The SMILES string of the molecule is CCN(C(=O)C(F)(F)F)c1cc(C)c2oc(-c3ccccc3F)nc2c1. The number of hydrogen-bond acceptors (Lipinski definition) is 3. The molecule has 0 atom stereocenters. The van der Waals surface area contributed by atoms with Crippen LogP contribution >= 0.6 is 0 Å². The number of aryl methyl sites for hydroxylation is 1. The van der Waals surface area contributed by atoms with Crippen LogP contribution in [0.5, 0.6) is 0 Å². The number of aromatic nitrogens is 1. The Morgan fingerprint density at radius 1 is 1.23 bits per heavy atom. The van der Waals surface area contributed by atoms with Gasteiger partial charge in [0.25, 0.3) is 0 Å². The number of oxazole rings is 1. The molecular formula is C18H14F4N2O2. The van der Waals surface area contributed by atoms with Gasteiger partial charge in [-0.15, -0.1) is 0 Å². The van der Waals surface area contributed by atoms with Crippen molar-refractivity contribution < 1.29 is 26.8 Å². The molecule has 3 aromatic rings. The third-order valence-electron chi connectivity index (χ3n) is 3.88. The van der Waals surface area contributed by atoms with E-state index in [0.29, 0.717) is 16.0 Å². The lowest BCUT2D eigenvalue weighted by Gasteiger charge is -2.22. The highest BCUT2D eigenvalue weighted by atomic mass is 19.4. The summed E-state index contributed by atoms with van der Waals surface area (Å²) >= 11 is 0. The molecule has 0 aliphatic rings. The first-order valence-corrected chi connectivity index (χ1v) is 7.77. The molecule has 0 N–H and O–H groups in total. The molecule has 1 aromatic heterocycles. The summed E-state index contributed by atoms with van der Waals surface area (Å²) < 4.78 is 57.9. The van der Waals surface area contributed by atoms with E-state index in [1.54, 1.807) is 13.0 Å². The molecule has 1 heterocycles. The van der Waals surface area contributed by atoms with Crippen LogP contribution in [0.3, 0.4) is 0 Å². The minimum atomic E-state index is -4.99. The topological polar surface area (TPSA) is 46.3 Å². The van der Waals surface area contributed by atoms with Crippen molar-refractivity contribution in [3.63, 3.8) is 0 Å². The third-order valence-corrected chi connectivity index (χ3v) is 3.88. The van der Waals surface area contributed by atoms with Gasteiger partial charge in [0, 0.05) is 12.2 Å². The second-order valence-electron chi connectivity index (χ2n) is 5.66. The highest BCUT2D eigenvalue weighted by molar-refractivity contribution is 5.99. The van der Waals surface area contributed by atoms with Crippen molar-refractivity contribution in [2.24, 2.45) is 0 Å². The average molecular weight is 366 g/mol. The summed E-state index contributed by atoms with van der Waals surface area (Å²) in [5, 5.41) is 0. The molecule has 0 aliphatic carbocycles. The lowest BCUT2D eigenvalue weighted by Crippen LogP contribution is -2.41. The molecule has 2 aromatic carbocycles. The van der Waals surface area contributed by atoms with Gasteiger partial charge < -0.3 is 9.32 Å². The molecule has 0 spiro atoms. The third kappa shape index (κ3) is 3.14. The summed E-state index contributed by atoms with van der Waals surface area (Å²) in [6, 6.07) is 8.61. The maximum Gasteiger partial charge on any atom is 0.471 e. The van der Waals surface area contributed by atoms with Gasteiger partial charge in [-0.2, -0.15) is 13.2 Å². The Morgan fingerprint density at radius 2 is 1.92 bits per heavy atom. The molecular weight excluding hydrogens is 352 g/mol. The van der Waals surface area contributed by atoms with E-state index in [2.05, 4.69) is 4.98 Å². The molecule has 0 saturated heterocycles. The number of rotatable bonds is 3. The van der Waals surface area contributed by atoms with E-state index in [0.717, 1.165) is 0 Å². The fourth-order valence-electron chi connectivity index (χ4n) is 2.68. The first-order chi connectivity index (χ1) is 12.2. The first kappa shape index (κ1) is 17.9. The van der Waals surface area contributed by atoms with Crippen LogP contribution in [0.25, 0.3) is 22.6 Å². The number of anilines is 1. The molecule has 0 radical (unpaired) electrons. The van der Waals surface area contributed by atoms with Crippen LogP contribution in [0.1, 0.15) is 12.5 Å². The monoisotopic (exact) mass is 366 g/mol. The van der Waals surface area contributed by atoms with Crippen molar-refractivity contribution in [2.45, 2.75) is 20.0 Å². The summed E-state index contributed by atoms with van der Waals surface area (Å²) in [5.41, 5.74) is 1.24. The number of alkyl halides is 3. The van der Waals surface area contributed by atoms with Gasteiger partial charge >= 0.3 is 12.1 Å². The van der Waals surface area contributed by atoms with Crippen molar-refractivity contribution in [1.82, 2.24) is 4.98 Å². The normalized spacial score (nSPS) is 11.8. The van der Waals surface area contributed by atoms with Crippen LogP contribution in [-0.2, 0) is 4.79 Å². The molecule has 26 heavy (non-hydrogen) atoms. The van der Waals surface area contributed by atoms with Gasteiger partial charge in [-0.25, -0.2) is 9.37 Å². The molecule has 0 fully saturated rings. The van der Waals surface area contributed by atoms with E-state index in [4.69, 9.17) is 4.42 Å². The second kappa shape index (κ2) is 6.44. The Labute approximate surface area is 146 Å². The highest BCUT2D eigenvalue weighted by Crippen LogP contribution is 2.32. The van der Waals surface area contributed by atoms with Crippen molar-refractivity contribution in [3.05, 3.63) is 47.8 Å². The molecule has 4 nitrogen and oxygen atoms in total. The highest BCUT2D eigenvalue weighted by Gasteiger charge is 2.42. The quantitative estimate of drug-likeness (QED) is 0.622. The number of hydrogen-bond donors (Lipinski definition) is 0. The van der Waals surface area contributed by atoms with Gasteiger partial charge in [0.05, 0.1) is 5.56 Å². The van der Waals surface area contributed by atoms with E-state index in [1.165, 1.54) is 37.3 Å². The zero-order chi connectivity index (χ0) is 19.1. The van der Waals surface area contributed by atoms with Gasteiger partial charge in [-0.3, -0.25) is 4.79 Å². The number of fused-ring (bicyclic) bond motifs is 1. The Balaban J connectivity index is 2.11. The molecule has 1 amide bonds. The van der Waals surface area contributed by atoms with Crippen LogP contribution in [0.2, 0.25) is 0 Å². The summed E-state index contributed by atoms with van der Waals surface area (Å²) in [6.45, 7) is 2.89. The molecule has 3 rings (SSSR count). The maximum absolute atomic E-state index is 13.9. The number of benzene rings is 2. The fourth-order valence-corrected chi connectivity index (χ4v) is 2.68. The molecule has 0 bridgehead atoms. The van der Waals surface area contributed by atoms with Crippen LogP contribution in [0.4, 0.5) is 23.2 Å². The van der Waals surface area contributed by atoms with E-state index >= 15 is 0 Å². The van der Waals surface area contributed by atoms with E-state index < -0.39 is 17.9 Å². The smallest absolute Gasteiger partial charge is 0.436 e. The van der Waals surface area contributed by atoms with E-state index in [1.807, 2.05) is 0 Å². The average Bonchev–Trinajstić information content (AvgIpc) is 2.99. The summed E-state index contributed by atoms with van der Waals surface area (Å²) in [4.78, 5) is 16.4. The Hall–Kier alpha value is -2.90. The van der Waals surface area contributed by atoms with E-state index in [-0.39, 0.29) is 29.2 Å². The predicted octanol–water partition coefficient (Wildman–Crippen LogP) is 4.86. The van der Waals surface area contributed by atoms with Crippen molar-refractivity contribution in [1.29, 1.82) is 0 Å². The Bertz CT molecular complexity index is 979. The van der Waals surface area contributed by atoms with Gasteiger partial charge in [0.1, 0.15) is 11.3 Å². The van der Waals surface area contributed by atoms with Gasteiger partial charge in [0.15, 0.2) is 5.58 Å². The van der Waals surface area contributed by atoms with Gasteiger partial charge in [-0.05, 0) is 43.7 Å². The molecule has 136 valence electrons. The van der Waals surface area contributed by atoms with Crippen LogP contribution in [-0.4, -0.2) is 23.6 Å². The summed E-state index contributed by atoms with van der Waals surface area (Å²) in [7, 11) is 0. The molecule has 0 aliphatic heterocycles. The van der Waals surface area contributed by atoms with Crippen LogP contribution < -0.4 is 4.90 Å². The van der Waals surface area contributed by atoms with Crippen LogP contribution in [0, 0.1) is 12.7 Å². The van der Waals surface area contributed by atoms with Crippen molar-refractivity contribution in [3.8, 4) is 11.5 Å². The number of amides is 1. The Kier molecular flexibility index (Phi) is 4.43. The summed E-state index contributed by atoms with van der Waals surface area (Å²) in [5.74, 6) is -2.47. The molecule has 8 heteroatoms. The standard InChI is InChI=1S/C18H14F4N2O2/c1-3-24(17(25)18(20,21)22)11-8-10(2)15-14(9-11)23-16(26-15)12-6-4-5-7-13(12)19/h4-9H,3H2,1-2H3. The number of carbonyl (C=O) groups is 1. The predicted molar refractivity (Wildman–Crippen MR) is 88.2 cm³/mol. The minimum Gasteiger partial charge on any atom is -0.436 e. The zero-order valence-corrected chi connectivity index (χ0v) is 13.9. The van der Waals surface area contributed by atoms with Gasteiger partial charge in [-0.1, -0.05) is 12.1 Å². The maximum atomic E-state index is 13.9. The fraction of sp³-hybridized carbons (Fsp3) is 0.222. The lowest BCUT2D eigenvalue weighted by atomic mass is 10.1. The van der Waals surface area contributed by atoms with Crippen molar-refractivity contribution >= 4 is 22.7 Å².